The van der Waals surface area contributed by atoms with E-state index in [-0.39, 0.29) is 30.4 Å². The standard InChI is InChI=1S/C19H20FN3O4/c20-14-3-1-12(2-4-14)16-9-23-11-21-17(15(23)10-27-16)18(24)22-7-5-13(6-8-22)19(25)26/h1-4,11,13,16H,5-10H2,(H,25,26). The first-order chi connectivity index (χ1) is 13.0. The molecule has 1 saturated heterocycles. The number of hydrogen-bond donors (Lipinski definition) is 1. The van der Waals surface area contributed by atoms with Crippen LogP contribution in [0.15, 0.2) is 30.6 Å². The first-order valence-corrected chi connectivity index (χ1v) is 8.96. The van der Waals surface area contributed by atoms with Gasteiger partial charge in [-0.25, -0.2) is 9.37 Å². The van der Waals surface area contributed by atoms with Gasteiger partial charge in [0.15, 0.2) is 5.69 Å². The second-order valence-electron chi connectivity index (χ2n) is 6.95. The minimum Gasteiger partial charge on any atom is -0.481 e. The number of imidazole rings is 1. The van der Waals surface area contributed by atoms with Crippen molar-refractivity contribution in [2.45, 2.75) is 32.1 Å². The number of amides is 1. The molecule has 0 bridgehead atoms. The molecule has 0 radical (unpaired) electrons. The van der Waals surface area contributed by atoms with E-state index in [0.29, 0.717) is 38.2 Å². The number of benzene rings is 1. The monoisotopic (exact) mass is 373 g/mol. The number of aromatic nitrogens is 2. The molecule has 1 aromatic heterocycles. The van der Waals surface area contributed by atoms with Gasteiger partial charge in [0.05, 0.1) is 31.1 Å². The predicted molar refractivity (Wildman–Crippen MR) is 92.4 cm³/mol. The van der Waals surface area contributed by atoms with Crippen LogP contribution in [-0.4, -0.2) is 44.5 Å². The van der Waals surface area contributed by atoms with E-state index in [9.17, 15) is 14.0 Å². The summed E-state index contributed by atoms with van der Waals surface area (Å²) in [6.07, 6.45) is 2.33. The second-order valence-corrected chi connectivity index (χ2v) is 6.95. The number of rotatable bonds is 3. The van der Waals surface area contributed by atoms with Crippen LogP contribution in [0, 0.1) is 11.7 Å². The SMILES string of the molecule is O=C(O)C1CCN(C(=O)c2ncn3c2COC(c2ccc(F)cc2)C3)CC1. The van der Waals surface area contributed by atoms with Crippen LogP contribution >= 0.6 is 0 Å². The number of piperidine rings is 1. The summed E-state index contributed by atoms with van der Waals surface area (Å²) >= 11 is 0. The van der Waals surface area contributed by atoms with Crippen molar-refractivity contribution in [3.05, 3.63) is 53.4 Å². The van der Waals surface area contributed by atoms with E-state index in [2.05, 4.69) is 4.98 Å². The van der Waals surface area contributed by atoms with Crippen molar-refractivity contribution in [3.63, 3.8) is 0 Å². The van der Waals surface area contributed by atoms with E-state index < -0.39 is 5.97 Å². The molecule has 4 rings (SSSR count). The Morgan fingerprint density at radius 2 is 1.89 bits per heavy atom. The maximum Gasteiger partial charge on any atom is 0.306 e. The number of likely N-dealkylation sites (tertiary alicyclic amines) is 1. The zero-order valence-corrected chi connectivity index (χ0v) is 14.7. The van der Waals surface area contributed by atoms with Gasteiger partial charge in [-0.05, 0) is 30.5 Å². The minimum atomic E-state index is -0.804. The van der Waals surface area contributed by atoms with Gasteiger partial charge >= 0.3 is 5.97 Å². The van der Waals surface area contributed by atoms with E-state index in [0.717, 1.165) is 11.3 Å². The molecule has 142 valence electrons. The Bertz CT molecular complexity index is 856. The molecule has 1 aromatic carbocycles. The number of fused-ring (bicyclic) bond motifs is 1. The van der Waals surface area contributed by atoms with Crippen molar-refractivity contribution in [2.24, 2.45) is 5.92 Å². The summed E-state index contributed by atoms with van der Waals surface area (Å²) in [7, 11) is 0. The Kier molecular flexibility index (Phi) is 4.65. The smallest absolute Gasteiger partial charge is 0.306 e. The third kappa shape index (κ3) is 3.44. The molecule has 1 atom stereocenters. The Morgan fingerprint density at radius 3 is 2.56 bits per heavy atom. The molecule has 0 aliphatic carbocycles. The number of carbonyl (C=O) groups is 2. The molecule has 2 aromatic rings. The zero-order valence-electron chi connectivity index (χ0n) is 14.7. The van der Waals surface area contributed by atoms with E-state index in [4.69, 9.17) is 9.84 Å². The van der Waals surface area contributed by atoms with Gasteiger partial charge in [-0.3, -0.25) is 9.59 Å². The maximum atomic E-state index is 13.1. The quantitative estimate of drug-likeness (QED) is 0.892. The molecule has 1 amide bonds. The van der Waals surface area contributed by atoms with Gasteiger partial charge in [0.2, 0.25) is 0 Å². The number of hydrogen-bond acceptors (Lipinski definition) is 4. The highest BCUT2D eigenvalue weighted by Gasteiger charge is 2.32. The molecule has 0 spiro atoms. The lowest BCUT2D eigenvalue weighted by Crippen LogP contribution is -2.41. The minimum absolute atomic E-state index is 0.184. The van der Waals surface area contributed by atoms with Crippen LogP contribution in [0.5, 0.6) is 0 Å². The number of halogens is 1. The van der Waals surface area contributed by atoms with Crippen LogP contribution in [0.1, 0.15) is 40.7 Å². The van der Waals surface area contributed by atoms with Crippen LogP contribution < -0.4 is 0 Å². The molecule has 1 unspecified atom stereocenters. The van der Waals surface area contributed by atoms with Crippen molar-refractivity contribution >= 4 is 11.9 Å². The lowest BCUT2D eigenvalue weighted by Gasteiger charge is -2.30. The summed E-state index contributed by atoms with van der Waals surface area (Å²) in [6.45, 7) is 1.58. The fourth-order valence-corrected chi connectivity index (χ4v) is 3.66. The van der Waals surface area contributed by atoms with Gasteiger partial charge in [-0.15, -0.1) is 0 Å². The molecule has 1 fully saturated rings. The Hall–Kier alpha value is -2.74. The summed E-state index contributed by atoms with van der Waals surface area (Å²) in [6, 6.07) is 6.19. The van der Waals surface area contributed by atoms with Gasteiger partial charge < -0.3 is 19.3 Å². The average Bonchev–Trinajstić information content (AvgIpc) is 3.11. The molecule has 0 saturated carbocycles. The first kappa shape index (κ1) is 17.7. The average molecular weight is 373 g/mol. The Labute approximate surface area is 155 Å². The van der Waals surface area contributed by atoms with Gasteiger partial charge in [0.25, 0.3) is 5.91 Å². The number of ether oxygens (including phenoxy) is 1. The Morgan fingerprint density at radius 1 is 1.19 bits per heavy atom. The van der Waals surface area contributed by atoms with E-state index in [1.54, 1.807) is 23.4 Å². The van der Waals surface area contributed by atoms with Crippen molar-refractivity contribution in [2.75, 3.05) is 13.1 Å². The van der Waals surface area contributed by atoms with Crippen LogP contribution in [0.3, 0.4) is 0 Å². The normalized spacial score (nSPS) is 20.3. The lowest BCUT2D eigenvalue weighted by atomic mass is 9.97. The third-order valence-electron chi connectivity index (χ3n) is 5.31. The fourth-order valence-electron chi connectivity index (χ4n) is 3.66. The number of aliphatic carboxylic acids is 1. The number of carbonyl (C=O) groups excluding carboxylic acids is 1. The van der Waals surface area contributed by atoms with Crippen molar-refractivity contribution in [1.82, 2.24) is 14.5 Å². The lowest BCUT2D eigenvalue weighted by molar-refractivity contribution is -0.143. The van der Waals surface area contributed by atoms with Gasteiger partial charge in [0, 0.05) is 13.1 Å². The highest BCUT2D eigenvalue weighted by Crippen LogP contribution is 2.29. The number of nitrogens with zero attached hydrogens (tertiary/aromatic N) is 3. The summed E-state index contributed by atoms with van der Waals surface area (Å²) in [5.74, 6) is -1.67. The summed E-state index contributed by atoms with van der Waals surface area (Å²) < 4.78 is 20.9. The summed E-state index contributed by atoms with van der Waals surface area (Å²) in [5.41, 5.74) is 1.96. The van der Waals surface area contributed by atoms with Gasteiger partial charge in [-0.2, -0.15) is 0 Å². The van der Waals surface area contributed by atoms with Crippen LogP contribution in [-0.2, 0) is 22.7 Å². The van der Waals surface area contributed by atoms with Gasteiger partial charge in [0.1, 0.15) is 11.9 Å². The topological polar surface area (TPSA) is 84.7 Å². The molecule has 8 heteroatoms. The van der Waals surface area contributed by atoms with Crippen LogP contribution in [0.2, 0.25) is 0 Å². The highest BCUT2D eigenvalue weighted by molar-refractivity contribution is 5.93. The predicted octanol–water partition coefficient (Wildman–Crippen LogP) is 2.23. The molecule has 1 N–H and O–H groups in total. The Balaban J connectivity index is 1.46. The third-order valence-corrected chi connectivity index (χ3v) is 5.31. The molecule has 27 heavy (non-hydrogen) atoms. The van der Waals surface area contributed by atoms with E-state index >= 15 is 0 Å². The molecule has 2 aliphatic heterocycles. The van der Waals surface area contributed by atoms with Crippen LogP contribution in [0.25, 0.3) is 0 Å². The van der Waals surface area contributed by atoms with Crippen molar-refractivity contribution in [1.29, 1.82) is 0 Å². The van der Waals surface area contributed by atoms with Crippen LogP contribution in [0.4, 0.5) is 4.39 Å². The fraction of sp³-hybridized carbons (Fsp3) is 0.421. The second kappa shape index (κ2) is 7.11. The van der Waals surface area contributed by atoms with Gasteiger partial charge in [-0.1, -0.05) is 12.1 Å². The van der Waals surface area contributed by atoms with Crippen molar-refractivity contribution < 1.29 is 23.8 Å². The molecule has 3 heterocycles. The highest BCUT2D eigenvalue weighted by atomic mass is 19.1. The largest absolute Gasteiger partial charge is 0.481 e. The molecule has 2 aliphatic rings. The maximum absolute atomic E-state index is 13.1. The molecular weight excluding hydrogens is 353 g/mol. The zero-order chi connectivity index (χ0) is 19.0. The summed E-state index contributed by atoms with van der Waals surface area (Å²) in [5, 5.41) is 9.08. The number of carboxylic acid groups (broad SMARTS) is 1. The van der Waals surface area contributed by atoms with Crippen molar-refractivity contribution in [3.8, 4) is 0 Å². The van der Waals surface area contributed by atoms with E-state index in [1.165, 1.54) is 12.1 Å². The molecular formula is C19H20FN3O4. The first-order valence-electron chi connectivity index (χ1n) is 8.96. The summed E-state index contributed by atoms with van der Waals surface area (Å²) in [4.78, 5) is 29.8. The number of carboxylic acids is 1. The van der Waals surface area contributed by atoms with E-state index in [1.807, 2.05) is 4.57 Å². The molecule has 7 nitrogen and oxygen atoms in total.